The molecule has 2 N–H and O–H groups in total. The Morgan fingerprint density at radius 3 is 1.76 bits per heavy atom. The van der Waals surface area contributed by atoms with Crippen LogP contribution in [0.25, 0.3) is 11.1 Å². The van der Waals surface area contributed by atoms with Crippen molar-refractivity contribution in [1.29, 1.82) is 0 Å². The molecule has 0 atom stereocenters. The number of hydrogen-bond acceptors (Lipinski definition) is 2. The zero-order chi connectivity index (χ0) is 28.8. The van der Waals surface area contributed by atoms with Gasteiger partial charge in [0, 0.05) is 23.7 Å². The van der Waals surface area contributed by atoms with E-state index in [0.717, 1.165) is 13.1 Å². The van der Waals surface area contributed by atoms with Crippen LogP contribution in [0, 0.1) is 5.82 Å². The molecule has 0 saturated carbocycles. The van der Waals surface area contributed by atoms with Crippen LogP contribution in [-0.2, 0) is 5.67 Å². The van der Waals surface area contributed by atoms with E-state index in [0.29, 0.717) is 4.90 Å². The molecule has 202 valence electrons. The number of nitrogens with two attached hydrogens (primary N) is 1. The molecular weight excluding hydrogens is 571 g/mol. The third-order valence-corrected chi connectivity index (χ3v) is 6.12. The van der Waals surface area contributed by atoms with E-state index in [1.54, 1.807) is 0 Å². The number of benzene rings is 3. The first-order chi connectivity index (χ1) is 17.4. The number of carbonyl (C=O) groups is 2. The number of carbonyl (C=O) groups excluding carboxylic acids is 2. The summed E-state index contributed by atoms with van der Waals surface area (Å²) in [6.45, 7) is 0. The van der Waals surface area contributed by atoms with Gasteiger partial charge in [-0.3, -0.25) is 9.59 Å². The fourth-order valence-corrected chi connectivity index (χ4v) is 4.43. The summed E-state index contributed by atoms with van der Waals surface area (Å²) in [5, 5.41) is -1.90. The van der Waals surface area contributed by atoms with Gasteiger partial charge < -0.3 is 10.6 Å². The third kappa shape index (κ3) is 4.90. The Kier molecular flexibility index (Phi) is 7.73. The minimum Gasteiger partial charge on any atom is -0.366 e. The SMILES string of the molecule is CN(C(=O)c1cccc(-c2ccccc2C(N)=O)c1F)c1c(Cl)cc(C(F)(C(F)(F)F)C(F)(F)F)cc1Cl. The fourth-order valence-electron chi connectivity index (χ4n) is 3.69. The van der Waals surface area contributed by atoms with Crippen molar-refractivity contribution in [3.05, 3.63) is 87.2 Å². The molecule has 3 aromatic rings. The molecule has 0 fully saturated rings. The number of nitrogens with zero attached hydrogens (tertiary/aromatic N) is 1. The van der Waals surface area contributed by atoms with E-state index in [-0.39, 0.29) is 28.8 Å². The van der Waals surface area contributed by atoms with E-state index in [2.05, 4.69) is 0 Å². The van der Waals surface area contributed by atoms with E-state index in [9.17, 15) is 40.3 Å². The number of amides is 2. The number of rotatable bonds is 5. The first kappa shape index (κ1) is 29.2. The minimum atomic E-state index is -6.42. The molecule has 0 aliphatic carbocycles. The van der Waals surface area contributed by atoms with Crippen LogP contribution >= 0.6 is 23.2 Å². The van der Waals surface area contributed by atoms with Crippen LogP contribution in [0.4, 0.5) is 40.8 Å². The van der Waals surface area contributed by atoms with Gasteiger partial charge in [0.15, 0.2) is 0 Å². The summed E-state index contributed by atoms with van der Waals surface area (Å²) < 4.78 is 109. The van der Waals surface area contributed by atoms with Crippen LogP contribution in [-0.4, -0.2) is 31.2 Å². The second-order valence-electron chi connectivity index (χ2n) is 7.88. The van der Waals surface area contributed by atoms with Crippen molar-refractivity contribution >= 4 is 40.7 Å². The van der Waals surface area contributed by atoms with Gasteiger partial charge in [-0.1, -0.05) is 53.5 Å². The number of hydrogen-bond donors (Lipinski definition) is 1. The summed E-state index contributed by atoms with van der Waals surface area (Å²) in [4.78, 5) is 25.4. The summed E-state index contributed by atoms with van der Waals surface area (Å²) >= 11 is 11.7. The predicted octanol–water partition coefficient (Wildman–Crippen LogP) is 7.46. The molecule has 3 aromatic carbocycles. The molecule has 2 amide bonds. The molecule has 0 bridgehead atoms. The zero-order valence-corrected chi connectivity index (χ0v) is 20.3. The van der Waals surface area contributed by atoms with Crippen LogP contribution in [0.5, 0.6) is 0 Å². The average Bonchev–Trinajstić information content (AvgIpc) is 2.81. The number of anilines is 1. The number of alkyl halides is 7. The van der Waals surface area contributed by atoms with Gasteiger partial charge in [0.25, 0.3) is 5.91 Å². The number of halogens is 10. The van der Waals surface area contributed by atoms with Gasteiger partial charge in [-0.25, -0.2) is 8.78 Å². The first-order valence-corrected chi connectivity index (χ1v) is 11.0. The van der Waals surface area contributed by atoms with Crippen molar-refractivity contribution < 1.29 is 44.7 Å². The lowest BCUT2D eigenvalue weighted by Gasteiger charge is -2.31. The van der Waals surface area contributed by atoms with Gasteiger partial charge in [-0.15, -0.1) is 0 Å². The highest BCUT2D eigenvalue weighted by Crippen LogP contribution is 2.54. The van der Waals surface area contributed by atoms with E-state index in [1.165, 1.54) is 36.4 Å². The molecule has 3 rings (SSSR count). The smallest absolute Gasteiger partial charge is 0.366 e. The average molecular weight is 585 g/mol. The molecule has 0 saturated heterocycles. The standard InChI is InChI=1S/C24H14Cl2F8N2O2/c1-36(19-16(25)9-11(10-17(19)26)22(28,23(29,30)31)24(32,33)34)21(38)15-8-4-7-13(18(15)27)12-5-2-3-6-14(12)20(35)37/h2-10H,1H3,(H2,35,37). The van der Waals surface area contributed by atoms with Crippen molar-refractivity contribution in [2.45, 2.75) is 18.0 Å². The molecule has 0 unspecified atom stereocenters. The lowest BCUT2D eigenvalue weighted by Crippen LogP contribution is -2.50. The summed E-state index contributed by atoms with van der Waals surface area (Å²) in [6.07, 6.45) is -12.8. The van der Waals surface area contributed by atoms with Crippen LogP contribution < -0.4 is 10.6 Å². The quantitative estimate of drug-likeness (QED) is 0.316. The highest BCUT2D eigenvalue weighted by molar-refractivity contribution is 6.40. The monoisotopic (exact) mass is 584 g/mol. The zero-order valence-electron chi connectivity index (χ0n) is 18.8. The lowest BCUT2D eigenvalue weighted by atomic mass is 9.93. The van der Waals surface area contributed by atoms with Gasteiger partial charge >= 0.3 is 18.0 Å². The van der Waals surface area contributed by atoms with E-state index >= 15 is 4.39 Å². The fraction of sp³-hybridized carbons (Fsp3) is 0.167. The van der Waals surface area contributed by atoms with Crippen LogP contribution in [0.2, 0.25) is 10.0 Å². The Bertz CT molecular complexity index is 1390. The maximum absolute atomic E-state index is 15.4. The van der Waals surface area contributed by atoms with Gasteiger partial charge in [0.1, 0.15) is 5.82 Å². The second kappa shape index (κ2) is 10.1. The maximum Gasteiger partial charge on any atom is 0.435 e. The van der Waals surface area contributed by atoms with Gasteiger partial charge in [-0.2, -0.15) is 26.3 Å². The highest BCUT2D eigenvalue weighted by Gasteiger charge is 2.73. The molecular formula is C24H14Cl2F8N2O2. The Hall–Kier alpha value is -3.38. The van der Waals surface area contributed by atoms with Gasteiger partial charge in [0.2, 0.25) is 5.91 Å². The molecule has 0 radical (unpaired) electrons. The van der Waals surface area contributed by atoms with Crippen LogP contribution in [0.1, 0.15) is 26.3 Å². The van der Waals surface area contributed by atoms with Gasteiger partial charge in [-0.05, 0) is 29.8 Å². The van der Waals surface area contributed by atoms with Crippen molar-refractivity contribution in [3.8, 4) is 11.1 Å². The molecule has 38 heavy (non-hydrogen) atoms. The number of primary amides is 1. The Balaban J connectivity index is 2.10. The van der Waals surface area contributed by atoms with E-state index < -0.39 is 62.5 Å². The van der Waals surface area contributed by atoms with Crippen molar-refractivity contribution in [2.24, 2.45) is 5.73 Å². The van der Waals surface area contributed by atoms with E-state index in [4.69, 9.17) is 28.9 Å². The first-order valence-electron chi connectivity index (χ1n) is 10.2. The van der Waals surface area contributed by atoms with Crippen molar-refractivity contribution in [1.82, 2.24) is 0 Å². The summed E-state index contributed by atoms with van der Waals surface area (Å²) in [7, 11) is 0.967. The normalized spacial score (nSPS) is 12.4. The second-order valence-corrected chi connectivity index (χ2v) is 8.70. The molecule has 0 aromatic heterocycles. The summed E-state index contributed by atoms with van der Waals surface area (Å²) in [5.41, 5.74) is -3.91. The molecule has 0 spiro atoms. The third-order valence-electron chi connectivity index (χ3n) is 5.55. The summed E-state index contributed by atoms with van der Waals surface area (Å²) in [6, 6.07) is 9.25. The predicted molar refractivity (Wildman–Crippen MR) is 124 cm³/mol. The van der Waals surface area contributed by atoms with Crippen LogP contribution in [0.3, 0.4) is 0 Å². The Labute approximate surface area is 219 Å². The largest absolute Gasteiger partial charge is 0.435 e. The molecule has 0 heterocycles. The molecule has 0 aliphatic rings. The Morgan fingerprint density at radius 2 is 1.26 bits per heavy atom. The van der Waals surface area contributed by atoms with Gasteiger partial charge in [0.05, 0.1) is 21.3 Å². The summed E-state index contributed by atoms with van der Waals surface area (Å²) in [5.74, 6) is -3.18. The molecule has 4 nitrogen and oxygen atoms in total. The van der Waals surface area contributed by atoms with Crippen LogP contribution in [0.15, 0.2) is 54.6 Å². The highest BCUT2D eigenvalue weighted by atomic mass is 35.5. The maximum atomic E-state index is 15.4. The molecule has 0 aliphatic heterocycles. The van der Waals surface area contributed by atoms with Crippen molar-refractivity contribution in [2.75, 3.05) is 11.9 Å². The topological polar surface area (TPSA) is 63.4 Å². The minimum absolute atomic E-state index is 0.0312. The Morgan fingerprint density at radius 1 is 0.789 bits per heavy atom. The molecule has 14 heteroatoms. The van der Waals surface area contributed by atoms with E-state index in [1.807, 2.05) is 0 Å². The lowest BCUT2D eigenvalue weighted by molar-refractivity contribution is -0.348. The van der Waals surface area contributed by atoms with Crippen molar-refractivity contribution in [3.63, 3.8) is 0 Å².